The first-order valence-corrected chi connectivity index (χ1v) is 8.44. The van der Waals surface area contributed by atoms with Gasteiger partial charge in [0.1, 0.15) is 5.75 Å². The van der Waals surface area contributed by atoms with Crippen LogP contribution < -0.4 is 4.74 Å². The molecule has 2 heterocycles. The molecule has 5 nitrogen and oxygen atoms in total. The summed E-state index contributed by atoms with van der Waals surface area (Å²) in [5.74, 6) is 0.257. The smallest absolute Gasteiger partial charge is 0.409 e. The molecule has 1 amide bonds. The fourth-order valence-corrected chi connectivity index (χ4v) is 3.32. The fraction of sp³-hybridized carbons (Fsp3) is 0.562. The summed E-state index contributed by atoms with van der Waals surface area (Å²) in [7, 11) is 0. The summed E-state index contributed by atoms with van der Waals surface area (Å²) in [5.41, 5.74) is 1.15. The third kappa shape index (κ3) is 3.22. The molecule has 1 aromatic rings. The summed E-state index contributed by atoms with van der Waals surface area (Å²) in [6, 6.07) is 6.03. The van der Waals surface area contributed by atoms with Crippen LogP contribution in [0.3, 0.4) is 0 Å². The minimum absolute atomic E-state index is 0.254. The predicted molar refractivity (Wildman–Crippen MR) is 85.0 cm³/mol. The number of rotatable bonds is 1. The van der Waals surface area contributed by atoms with E-state index in [9.17, 15) is 4.79 Å². The lowest BCUT2D eigenvalue weighted by Gasteiger charge is -2.40. The molecule has 0 unspecified atom stereocenters. The van der Waals surface area contributed by atoms with E-state index in [0.717, 1.165) is 22.2 Å². The monoisotopic (exact) mass is 369 g/mol. The molecule has 3 rings (SSSR count). The van der Waals surface area contributed by atoms with E-state index in [2.05, 4.69) is 22.0 Å². The summed E-state index contributed by atoms with van der Waals surface area (Å²) in [6.07, 6.45) is 1.89. The van der Waals surface area contributed by atoms with Crippen LogP contribution in [0.25, 0.3) is 0 Å². The molecule has 0 radical (unpaired) electrons. The van der Waals surface area contributed by atoms with Crippen LogP contribution in [0.2, 0.25) is 0 Å². The van der Waals surface area contributed by atoms with Crippen LogP contribution in [0.15, 0.2) is 22.7 Å². The zero-order valence-corrected chi connectivity index (χ0v) is 14.2. The van der Waals surface area contributed by atoms with Gasteiger partial charge < -0.3 is 19.1 Å². The summed E-state index contributed by atoms with van der Waals surface area (Å²) in [4.78, 5) is 13.5. The molecule has 0 N–H and O–H groups in total. The average molecular weight is 370 g/mol. The van der Waals surface area contributed by atoms with Gasteiger partial charge in [0.05, 0.1) is 13.2 Å². The van der Waals surface area contributed by atoms with Gasteiger partial charge in [-0.2, -0.15) is 0 Å². The van der Waals surface area contributed by atoms with E-state index in [1.165, 1.54) is 0 Å². The Morgan fingerprint density at radius 1 is 1.41 bits per heavy atom. The first-order chi connectivity index (χ1) is 10.6. The molecule has 1 aromatic carbocycles. The van der Waals surface area contributed by atoms with Gasteiger partial charge in [-0.3, -0.25) is 0 Å². The fourth-order valence-electron chi connectivity index (χ4n) is 2.91. The van der Waals surface area contributed by atoms with Gasteiger partial charge in [0.2, 0.25) is 5.79 Å². The van der Waals surface area contributed by atoms with Crippen molar-refractivity contribution in [2.45, 2.75) is 32.0 Å². The number of halogens is 1. The molecule has 1 spiro atoms. The number of ether oxygens (including phenoxy) is 3. The van der Waals surface area contributed by atoms with Crippen molar-refractivity contribution in [3.05, 3.63) is 28.2 Å². The Bertz CT molecular complexity index is 555. The maximum absolute atomic E-state index is 11.8. The Balaban J connectivity index is 1.70. The summed E-state index contributed by atoms with van der Waals surface area (Å²) < 4.78 is 18.3. The maximum Gasteiger partial charge on any atom is 0.409 e. The molecule has 6 heteroatoms. The van der Waals surface area contributed by atoms with Crippen LogP contribution >= 0.6 is 15.9 Å². The number of amides is 1. The second-order valence-corrected chi connectivity index (χ2v) is 6.46. The number of hydrogen-bond acceptors (Lipinski definition) is 4. The van der Waals surface area contributed by atoms with Crippen LogP contribution in [-0.2, 0) is 15.9 Å². The molecule has 0 aromatic heterocycles. The van der Waals surface area contributed by atoms with E-state index in [-0.39, 0.29) is 6.09 Å². The Morgan fingerprint density at radius 2 is 2.18 bits per heavy atom. The summed E-state index contributed by atoms with van der Waals surface area (Å²) in [5, 5.41) is 0. The molecule has 0 saturated carbocycles. The van der Waals surface area contributed by atoms with Crippen LogP contribution in [0.4, 0.5) is 4.79 Å². The third-order valence-corrected chi connectivity index (χ3v) is 4.60. The highest BCUT2D eigenvalue weighted by atomic mass is 79.9. The average Bonchev–Trinajstić information content (AvgIpc) is 2.67. The highest BCUT2D eigenvalue weighted by Gasteiger charge is 2.41. The Labute approximate surface area is 138 Å². The molecule has 2 aliphatic heterocycles. The van der Waals surface area contributed by atoms with E-state index >= 15 is 0 Å². The van der Waals surface area contributed by atoms with E-state index < -0.39 is 5.79 Å². The van der Waals surface area contributed by atoms with E-state index in [1.54, 1.807) is 4.90 Å². The van der Waals surface area contributed by atoms with Crippen molar-refractivity contribution in [3.8, 4) is 5.75 Å². The molecule has 1 fully saturated rings. The van der Waals surface area contributed by atoms with Crippen LogP contribution in [0.5, 0.6) is 5.75 Å². The molecule has 0 bridgehead atoms. The molecule has 2 aliphatic rings. The van der Waals surface area contributed by atoms with Crippen LogP contribution in [0.1, 0.15) is 25.3 Å². The predicted octanol–water partition coefficient (Wildman–Crippen LogP) is 3.35. The Hall–Kier alpha value is -1.27. The molecule has 120 valence electrons. The van der Waals surface area contributed by atoms with Crippen molar-refractivity contribution in [1.82, 2.24) is 4.90 Å². The number of fused-ring (bicyclic) bond motifs is 1. The quantitative estimate of drug-likeness (QED) is 0.761. The second kappa shape index (κ2) is 6.46. The molecular formula is C16H20BrNO4. The minimum Gasteiger partial charge on any atom is -0.462 e. The molecule has 0 aliphatic carbocycles. The molecular weight excluding hydrogens is 350 g/mol. The second-order valence-electron chi connectivity index (χ2n) is 5.55. The zero-order chi connectivity index (χ0) is 15.6. The summed E-state index contributed by atoms with van der Waals surface area (Å²) >= 11 is 3.49. The zero-order valence-electron chi connectivity index (χ0n) is 12.6. The van der Waals surface area contributed by atoms with Crippen molar-refractivity contribution in [2.75, 3.05) is 26.3 Å². The molecule has 1 saturated heterocycles. The molecule has 22 heavy (non-hydrogen) atoms. The first kappa shape index (κ1) is 15.6. The number of carbonyl (C=O) groups excluding carboxylic acids is 1. The van der Waals surface area contributed by atoms with Crippen molar-refractivity contribution >= 4 is 22.0 Å². The third-order valence-electron chi connectivity index (χ3n) is 4.11. The largest absolute Gasteiger partial charge is 0.462 e. The highest BCUT2D eigenvalue weighted by molar-refractivity contribution is 9.10. The Kier molecular flexibility index (Phi) is 4.59. The van der Waals surface area contributed by atoms with Crippen molar-refractivity contribution in [2.24, 2.45) is 0 Å². The van der Waals surface area contributed by atoms with Crippen molar-refractivity contribution in [1.29, 1.82) is 0 Å². The van der Waals surface area contributed by atoms with Crippen LogP contribution in [-0.4, -0.2) is 43.1 Å². The van der Waals surface area contributed by atoms with Crippen LogP contribution in [0, 0.1) is 0 Å². The van der Waals surface area contributed by atoms with E-state index in [0.29, 0.717) is 39.1 Å². The highest BCUT2D eigenvalue weighted by Crippen LogP contribution is 2.36. The summed E-state index contributed by atoms with van der Waals surface area (Å²) in [6.45, 7) is 4.02. The van der Waals surface area contributed by atoms with Crippen molar-refractivity contribution in [3.63, 3.8) is 0 Å². The number of nitrogens with zero attached hydrogens (tertiary/aromatic N) is 1. The molecule has 0 atom stereocenters. The van der Waals surface area contributed by atoms with Gasteiger partial charge in [0, 0.05) is 30.4 Å². The number of hydrogen-bond donors (Lipinski definition) is 0. The lowest BCUT2D eigenvalue weighted by molar-refractivity contribution is -0.200. The lowest BCUT2D eigenvalue weighted by atomic mass is 10.0. The van der Waals surface area contributed by atoms with E-state index in [1.807, 2.05) is 19.1 Å². The van der Waals surface area contributed by atoms with Crippen molar-refractivity contribution < 1.29 is 19.0 Å². The lowest BCUT2D eigenvalue weighted by Crippen LogP contribution is -2.51. The van der Waals surface area contributed by atoms with Gasteiger partial charge in [-0.05, 0) is 37.1 Å². The van der Waals surface area contributed by atoms with Gasteiger partial charge in [0.15, 0.2) is 0 Å². The number of carbonyl (C=O) groups is 1. The SMILES string of the molecule is CCOC(=O)N1CCC2(CC1)OCCc1cc(Br)ccc1O2. The van der Waals surface area contributed by atoms with E-state index in [4.69, 9.17) is 14.2 Å². The van der Waals surface area contributed by atoms with Gasteiger partial charge >= 0.3 is 6.09 Å². The Morgan fingerprint density at radius 3 is 2.91 bits per heavy atom. The van der Waals surface area contributed by atoms with Gasteiger partial charge in [-0.1, -0.05) is 15.9 Å². The van der Waals surface area contributed by atoms with Gasteiger partial charge in [0.25, 0.3) is 0 Å². The number of piperidine rings is 1. The van der Waals surface area contributed by atoms with Gasteiger partial charge in [-0.25, -0.2) is 4.79 Å². The first-order valence-electron chi connectivity index (χ1n) is 7.65. The van der Waals surface area contributed by atoms with Gasteiger partial charge in [-0.15, -0.1) is 0 Å². The number of benzene rings is 1. The topological polar surface area (TPSA) is 48.0 Å². The number of likely N-dealkylation sites (tertiary alicyclic amines) is 1. The maximum atomic E-state index is 11.8. The normalized spacial score (nSPS) is 20.0. The standard InChI is InChI=1S/C16H20BrNO4/c1-2-20-15(19)18-8-6-16(7-9-18)21-10-5-12-11-13(17)3-4-14(12)22-16/h3-4,11H,2,5-10H2,1H3. The minimum atomic E-state index is -0.623.